The first-order valence-electron chi connectivity index (χ1n) is 5.54. The molecule has 6 heteroatoms. The molecule has 0 saturated heterocycles. The van der Waals surface area contributed by atoms with Crippen molar-refractivity contribution in [3.8, 4) is 0 Å². The van der Waals surface area contributed by atoms with Gasteiger partial charge in [-0.2, -0.15) is 0 Å². The maximum Gasteiger partial charge on any atom is 0.242 e. The van der Waals surface area contributed by atoms with Crippen LogP contribution in [0.3, 0.4) is 0 Å². The molecule has 0 unspecified atom stereocenters. The van der Waals surface area contributed by atoms with E-state index in [-0.39, 0.29) is 10.6 Å². The molecule has 1 aromatic rings. The van der Waals surface area contributed by atoms with Gasteiger partial charge in [0.1, 0.15) is 4.90 Å². The lowest BCUT2D eigenvalue weighted by atomic mass is 10.3. The molecule has 1 aliphatic carbocycles. The Labute approximate surface area is 110 Å². The van der Waals surface area contributed by atoms with Gasteiger partial charge in [0.25, 0.3) is 0 Å². The summed E-state index contributed by atoms with van der Waals surface area (Å²) in [6.45, 7) is 0.485. The van der Waals surface area contributed by atoms with Gasteiger partial charge >= 0.3 is 0 Å². The average Bonchev–Trinajstić information content (AvgIpc) is 3.05. The fourth-order valence-corrected chi connectivity index (χ4v) is 3.34. The lowest BCUT2D eigenvalue weighted by molar-refractivity contribution is 0.575. The molecule has 0 aliphatic heterocycles. The summed E-state index contributed by atoms with van der Waals surface area (Å²) in [4.78, 5) is 0.141. The van der Waals surface area contributed by atoms with E-state index in [4.69, 9.17) is 5.73 Å². The Kier molecular flexibility index (Phi) is 3.75. The number of sulfonamides is 1. The lowest BCUT2D eigenvalue weighted by Crippen LogP contribution is -2.25. The molecule has 1 aromatic carbocycles. The molecule has 0 radical (unpaired) electrons. The number of hydrogen-bond donors (Lipinski definition) is 2. The van der Waals surface area contributed by atoms with Gasteiger partial charge in [0.15, 0.2) is 0 Å². The molecule has 0 atom stereocenters. The number of nitrogens with two attached hydrogens (primary N) is 1. The summed E-state index contributed by atoms with van der Waals surface area (Å²) in [5.74, 6) is 0.706. The van der Waals surface area contributed by atoms with Crippen LogP contribution in [-0.2, 0) is 10.0 Å². The van der Waals surface area contributed by atoms with Crippen molar-refractivity contribution in [2.45, 2.75) is 24.2 Å². The standard InChI is InChI=1S/C11H15BrN2O2S/c12-9-3-4-10(13)11(7-9)17(15,16)14-6-5-8-1-2-8/h3-4,7-8,14H,1-2,5-6,13H2. The second kappa shape index (κ2) is 4.96. The highest BCUT2D eigenvalue weighted by Crippen LogP contribution is 2.32. The van der Waals surface area contributed by atoms with E-state index in [1.54, 1.807) is 12.1 Å². The summed E-state index contributed by atoms with van der Waals surface area (Å²) in [5.41, 5.74) is 5.95. The molecule has 17 heavy (non-hydrogen) atoms. The van der Waals surface area contributed by atoms with E-state index in [2.05, 4.69) is 20.7 Å². The number of benzene rings is 1. The van der Waals surface area contributed by atoms with Gasteiger partial charge in [-0.15, -0.1) is 0 Å². The quantitative estimate of drug-likeness (QED) is 0.817. The normalized spacial score (nSPS) is 16.1. The Morgan fingerprint density at radius 2 is 2.12 bits per heavy atom. The predicted octanol–water partition coefficient (Wildman–Crippen LogP) is 2.11. The van der Waals surface area contributed by atoms with Crippen LogP contribution in [0.5, 0.6) is 0 Å². The van der Waals surface area contributed by atoms with Gasteiger partial charge in [-0.05, 0) is 30.5 Å². The third-order valence-electron chi connectivity index (χ3n) is 2.81. The van der Waals surface area contributed by atoms with Crippen LogP contribution in [-0.4, -0.2) is 15.0 Å². The van der Waals surface area contributed by atoms with Gasteiger partial charge in [0, 0.05) is 11.0 Å². The zero-order valence-electron chi connectivity index (χ0n) is 9.32. The third kappa shape index (κ3) is 3.43. The van der Waals surface area contributed by atoms with Gasteiger partial charge in [0.2, 0.25) is 10.0 Å². The smallest absolute Gasteiger partial charge is 0.242 e. The maximum absolute atomic E-state index is 12.0. The van der Waals surface area contributed by atoms with E-state index in [9.17, 15) is 8.42 Å². The van der Waals surface area contributed by atoms with Crippen LogP contribution in [0, 0.1) is 5.92 Å². The van der Waals surface area contributed by atoms with Crippen molar-refractivity contribution in [1.29, 1.82) is 0 Å². The molecule has 2 rings (SSSR count). The summed E-state index contributed by atoms with van der Waals surface area (Å²) in [7, 11) is -3.49. The van der Waals surface area contributed by atoms with Crippen LogP contribution >= 0.6 is 15.9 Å². The molecule has 1 aliphatic rings. The lowest BCUT2D eigenvalue weighted by Gasteiger charge is -2.09. The Hall–Kier alpha value is -0.590. The zero-order valence-corrected chi connectivity index (χ0v) is 11.7. The minimum absolute atomic E-state index is 0.141. The summed E-state index contributed by atoms with van der Waals surface area (Å²) in [6, 6.07) is 4.83. The SMILES string of the molecule is Nc1ccc(Br)cc1S(=O)(=O)NCCC1CC1. The molecule has 94 valence electrons. The van der Waals surface area contributed by atoms with E-state index in [0.29, 0.717) is 16.9 Å². The molecule has 0 aromatic heterocycles. The highest BCUT2D eigenvalue weighted by molar-refractivity contribution is 9.10. The topological polar surface area (TPSA) is 72.2 Å². The van der Waals surface area contributed by atoms with Crippen LogP contribution in [0.4, 0.5) is 5.69 Å². The summed E-state index contributed by atoms with van der Waals surface area (Å²) < 4.78 is 27.3. The van der Waals surface area contributed by atoms with Crippen molar-refractivity contribution in [3.63, 3.8) is 0 Å². The van der Waals surface area contributed by atoms with Gasteiger partial charge in [0.05, 0.1) is 5.69 Å². The number of nitrogens with one attached hydrogen (secondary N) is 1. The maximum atomic E-state index is 12.0. The first-order chi connectivity index (χ1) is 7.99. The van der Waals surface area contributed by atoms with Crippen molar-refractivity contribution in [2.75, 3.05) is 12.3 Å². The van der Waals surface area contributed by atoms with Gasteiger partial charge in [-0.25, -0.2) is 13.1 Å². The first-order valence-corrected chi connectivity index (χ1v) is 7.81. The molecule has 3 N–H and O–H groups in total. The summed E-state index contributed by atoms with van der Waals surface area (Å²) in [5, 5.41) is 0. The molecular formula is C11H15BrN2O2S. The first kappa shape index (κ1) is 12.9. The van der Waals surface area contributed by atoms with E-state index in [1.807, 2.05) is 0 Å². The third-order valence-corrected chi connectivity index (χ3v) is 4.82. The van der Waals surface area contributed by atoms with E-state index >= 15 is 0 Å². The highest BCUT2D eigenvalue weighted by Gasteiger charge is 2.22. The van der Waals surface area contributed by atoms with Gasteiger partial charge < -0.3 is 5.73 Å². The fourth-order valence-electron chi connectivity index (χ4n) is 1.62. The molecule has 1 fully saturated rings. The molecule has 0 spiro atoms. The molecular weight excluding hydrogens is 304 g/mol. The van der Waals surface area contributed by atoms with E-state index in [1.165, 1.54) is 18.9 Å². The van der Waals surface area contributed by atoms with Crippen molar-refractivity contribution in [1.82, 2.24) is 4.72 Å². The van der Waals surface area contributed by atoms with Crippen molar-refractivity contribution < 1.29 is 8.42 Å². The minimum atomic E-state index is -3.49. The fraction of sp³-hybridized carbons (Fsp3) is 0.455. The number of hydrogen-bond acceptors (Lipinski definition) is 3. The molecule has 0 bridgehead atoms. The Morgan fingerprint density at radius 3 is 2.76 bits per heavy atom. The van der Waals surface area contributed by atoms with Gasteiger partial charge in [-0.3, -0.25) is 0 Å². The Bertz CT molecular complexity index is 512. The second-order valence-corrected chi connectivity index (χ2v) is 6.96. The van der Waals surface area contributed by atoms with Crippen molar-refractivity contribution in [3.05, 3.63) is 22.7 Å². The highest BCUT2D eigenvalue weighted by atomic mass is 79.9. The molecule has 1 saturated carbocycles. The van der Waals surface area contributed by atoms with Crippen LogP contribution in [0.15, 0.2) is 27.6 Å². The van der Waals surface area contributed by atoms with Crippen LogP contribution in [0.1, 0.15) is 19.3 Å². The second-order valence-electron chi connectivity index (χ2n) is 4.31. The van der Waals surface area contributed by atoms with E-state index < -0.39 is 10.0 Å². The van der Waals surface area contributed by atoms with Crippen LogP contribution in [0.2, 0.25) is 0 Å². The monoisotopic (exact) mass is 318 g/mol. The molecule has 0 heterocycles. The van der Waals surface area contributed by atoms with Crippen LogP contribution in [0.25, 0.3) is 0 Å². The number of halogens is 1. The Balaban J connectivity index is 2.09. The largest absolute Gasteiger partial charge is 0.398 e. The average molecular weight is 319 g/mol. The number of anilines is 1. The zero-order chi connectivity index (χ0) is 12.5. The summed E-state index contributed by atoms with van der Waals surface area (Å²) >= 11 is 3.24. The Morgan fingerprint density at radius 1 is 1.41 bits per heavy atom. The van der Waals surface area contributed by atoms with Crippen molar-refractivity contribution in [2.24, 2.45) is 5.92 Å². The van der Waals surface area contributed by atoms with E-state index in [0.717, 1.165) is 6.42 Å². The van der Waals surface area contributed by atoms with Crippen molar-refractivity contribution >= 4 is 31.6 Å². The number of nitrogen functional groups attached to an aromatic ring is 1. The number of rotatable bonds is 5. The predicted molar refractivity (Wildman–Crippen MR) is 71.1 cm³/mol. The minimum Gasteiger partial charge on any atom is -0.398 e. The molecule has 0 amide bonds. The molecule has 4 nitrogen and oxygen atoms in total. The summed E-state index contributed by atoms with van der Waals surface area (Å²) in [6.07, 6.45) is 3.36. The van der Waals surface area contributed by atoms with Gasteiger partial charge in [-0.1, -0.05) is 28.8 Å². The van der Waals surface area contributed by atoms with Crippen LogP contribution < -0.4 is 10.5 Å².